The van der Waals surface area contributed by atoms with Gasteiger partial charge in [0.2, 0.25) is 0 Å². The van der Waals surface area contributed by atoms with Crippen LogP contribution in [-0.2, 0) is 0 Å². The topological polar surface area (TPSA) is 61.6 Å². The van der Waals surface area contributed by atoms with Crippen molar-refractivity contribution in [1.29, 1.82) is 0 Å². The Morgan fingerprint density at radius 2 is 1.29 bits per heavy atom. The van der Waals surface area contributed by atoms with Gasteiger partial charge in [-0.15, -0.1) is 0 Å². The van der Waals surface area contributed by atoms with Gasteiger partial charge < -0.3 is 9.31 Å². The number of non-ortho nitro benzene ring substituents is 1. The molecule has 24 heavy (non-hydrogen) atoms. The third-order valence-electron chi connectivity index (χ3n) is 3.33. The summed E-state index contributed by atoms with van der Waals surface area (Å²) in [6.45, 7) is 0. The predicted octanol–water partition coefficient (Wildman–Crippen LogP) is 3.45. The molecule has 3 aromatic carbocycles. The first-order chi connectivity index (χ1) is 11.7. The Hall–Kier alpha value is -3.28. The Kier molecular flexibility index (Phi) is 4.77. The molecule has 3 rings (SSSR count). The van der Waals surface area contributed by atoms with Gasteiger partial charge in [-0.05, 0) is 24.3 Å². The fourth-order valence-electron chi connectivity index (χ4n) is 2.19. The van der Waals surface area contributed by atoms with Gasteiger partial charge in [-0.3, -0.25) is 10.1 Å². The van der Waals surface area contributed by atoms with E-state index in [2.05, 4.69) is 0 Å². The van der Waals surface area contributed by atoms with E-state index in [1.165, 1.54) is 12.1 Å². The molecule has 0 N–H and O–H groups in total. The van der Waals surface area contributed by atoms with Crippen molar-refractivity contribution in [2.24, 2.45) is 0 Å². The molecule has 0 saturated heterocycles. The lowest BCUT2D eigenvalue weighted by molar-refractivity contribution is -0.384. The maximum atomic E-state index is 11.0. The van der Waals surface area contributed by atoms with Crippen molar-refractivity contribution in [3.05, 3.63) is 95.0 Å². The van der Waals surface area contributed by atoms with Crippen molar-refractivity contribution in [1.82, 2.24) is 0 Å². The predicted molar refractivity (Wildman–Crippen MR) is 92.6 cm³/mol. The first-order valence-electron chi connectivity index (χ1n) is 7.40. The maximum absolute atomic E-state index is 11.0. The summed E-state index contributed by atoms with van der Waals surface area (Å²) in [6.07, 6.45) is 0. The molecular weight excluding hydrogens is 305 g/mol. The van der Waals surface area contributed by atoms with Crippen molar-refractivity contribution in [3.63, 3.8) is 0 Å². The van der Waals surface area contributed by atoms with Crippen molar-refractivity contribution >= 4 is 18.3 Å². The second kappa shape index (κ2) is 7.33. The molecule has 118 valence electrons. The molecule has 0 saturated carbocycles. The lowest BCUT2D eigenvalue weighted by Gasteiger charge is -2.16. The summed E-state index contributed by atoms with van der Waals surface area (Å²) < 4.78 is 11.8. The summed E-state index contributed by atoms with van der Waals surface area (Å²) in [6, 6.07) is 24.6. The highest BCUT2D eigenvalue weighted by Crippen LogP contribution is 2.16. The number of nitro groups is 1. The second-order valence-electron chi connectivity index (χ2n) is 5.05. The lowest BCUT2D eigenvalue weighted by atomic mass is 9.78. The van der Waals surface area contributed by atoms with Gasteiger partial charge in [0, 0.05) is 17.6 Å². The van der Waals surface area contributed by atoms with Gasteiger partial charge in [-0.25, -0.2) is 0 Å². The minimum absolute atomic E-state index is 0.00850. The van der Waals surface area contributed by atoms with Gasteiger partial charge >= 0.3 is 7.12 Å². The molecule has 0 aromatic heterocycles. The van der Waals surface area contributed by atoms with Crippen molar-refractivity contribution < 1.29 is 14.2 Å². The SMILES string of the molecule is O=[N+]([O-])c1cccc(B(Oc2ccccc2)Oc2ccccc2)c1. The summed E-state index contributed by atoms with van der Waals surface area (Å²) in [7, 11) is -0.797. The molecule has 3 aromatic rings. The van der Waals surface area contributed by atoms with E-state index in [0.717, 1.165) is 0 Å². The van der Waals surface area contributed by atoms with E-state index in [-0.39, 0.29) is 5.69 Å². The van der Waals surface area contributed by atoms with Crippen LogP contribution in [-0.4, -0.2) is 12.0 Å². The number of nitro benzene ring substituents is 1. The zero-order chi connectivity index (χ0) is 16.8. The molecule has 0 amide bonds. The van der Waals surface area contributed by atoms with Gasteiger partial charge in [0.15, 0.2) is 0 Å². The van der Waals surface area contributed by atoms with Crippen LogP contribution in [0.3, 0.4) is 0 Å². The van der Waals surface area contributed by atoms with E-state index in [1.807, 2.05) is 36.4 Å². The normalized spacial score (nSPS) is 10.0. The summed E-state index contributed by atoms with van der Waals surface area (Å²) in [5, 5.41) is 11.0. The van der Waals surface area contributed by atoms with Crippen LogP contribution in [0.2, 0.25) is 0 Å². The summed E-state index contributed by atoms with van der Waals surface area (Å²) in [4.78, 5) is 10.6. The highest BCUT2D eigenvalue weighted by atomic mass is 16.6. The van der Waals surface area contributed by atoms with Gasteiger partial charge in [0.1, 0.15) is 11.5 Å². The average molecular weight is 319 g/mol. The van der Waals surface area contributed by atoms with Crippen molar-refractivity contribution in [2.75, 3.05) is 0 Å². The number of para-hydroxylation sites is 2. The van der Waals surface area contributed by atoms with E-state index >= 15 is 0 Å². The Morgan fingerprint density at radius 1 is 0.750 bits per heavy atom. The number of benzene rings is 3. The van der Waals surface area contributed by atoms with Crippen LogP contribution in [0.5, 0.6) is 11.5 Å². The molecule has 0 heterocycles. The van der Waals surface area contributed by atoms with Gasteiger partial charge in [0.05, 0.1) is 4.92 Å². The molecule has 0 spiro atoms. The standard InChI is InChI=1S/C18H14BNO4/c21-20(22)16-9-7-8-15(14-16)19(23-17-10-3-1-4-11-17)24-18-12-5-2-6-13-18/h1-14H. The molecule has 0 aliphatic heterocycles. The van der Waals surface area contributed by atoms with Gasteiger partial charge in [0.25, 0.3) is 5.69 Å². The molecule has 0 fully saturated rings. The average Bonchev–Trinajstić information content (AvgIpc) is 2.63. The molecule has 5 nitrogen and oxygen atoms in total. The molecule has 0 bridgehead atoms. The monoisotopic (exact) mass is 319 g/mol. The molecule has 0 radical (unpaired) electrons. The van der Waals surface area contributed by atoms with E-state index in [0.29, 0.717) is 17.0 Å². The smallest absolute Gasteiger partial charge is 0.522 e. The second-order valence-corrected chi connectivity index (χ2v) is 5.05. The zero-order valence-corrected chi connectivity index (χ0v) is 12.7. The minimum Gasteiger partial charge on any atom is -0.522 e. The molecular formula is C18H14BNO4. The molecule has 6 heteroatoms. The third-order valence-corrected chi connectivity index (χ3v) is 3.33. The first-order valence-corrected chi connectivity index (χ1v) is 7.40. The summed E-state index contributed by atoms with van der Waals surface area (Å²) >= 11 is 0. The van der Waals surface area contributed by atoms with Crippen LogP contribution in [0.1, 0.15) is 0 Å². The maximum Gasteiger partial charge on any atom is 0.632 e. The Bertz CT molecular complexity index is 770. The van der Waals surface area contributed by atoms with Crippen LogP contribution in [0, 0.1) is 10.1 Å². The number of rotatable bonds is 6. The number of hydrogen-bond acceptors (Lipinski definition) is 4. The minimum atomic E-state index is -0.797. The number of nitrogens with zero attached hydrogens (tertiary/aromatic N) is 1. The molecule has 0 atom stereocenters. The third kappa shape index (κ3) is 3.92. The van der Waals surface area contributed by atoms with E-state index in [4.69, 9.17) is 9.31 Å². The van der Waals surface area contributed by atoms with Crippen LogP contribution in [0.4, 0.5) is 5.69 Å². The Labute approximate surface area is 139 Å². The molecule has 0 aliphatic carbocycles. The van der Waals surface area contributed by atoms with Crippen LogP contribution < -0.4 is 14.8 Å². The lowest BCUT2D eigenvalue weighted by Crippen LogP contribution is -2.42. The Balaban J connectivity index is 1.92. The molecule has 0 unspecified atom stereocenters. The van der Waals surface area contributed by atoms with Gasteiger partial charge in [-0.2, -0.15) is 0 Å². The largest absolute Gasteiger partial charge is 0.632 e. The number of hydrogen-bond donors (Lipinski definition) is 0. The van der Waals surface area contributed by atoms with Crippen molar-refractivity contribution in [3.8, 4) is 11.5 Å². The van der Waals surface area contributed by atoms with E-state index in [1.54, 1.807) is 36.4 Å². The van der Waals surface area contributed by atoms with Crippen LogP contribution >= 0.6 is 0 Å². The quantitative estimate of drug-likeness (QED) is 0.397. The van der Waals surface area contributed by atoms with Crippen LogP contribution in [0.25, 0.3) is 0 Å². The van der Waals surface area contributed by atoms with E-state index < -0.39 is 12.0 Å². The highest BCUT2D eigenvalue weighted by molar-refractivity contribution is 6.62. The zero-order valence-electron chi connectivity index (χ0n) is 12.7. The summed E-state index contributed by atoms with van der Waals surface area (Å²) in [5.74, 6) is 1.23. The Morgan fingerprint density at radius 3 is 1.79 bits per heavy atom. The fraction of sp³-hybridized carbons (Fsp3) is 0. The first kappa shape index (κ1) is 15.6. The molecule has 0 aliphatic rings. The van der Waals surface area contributed by atoms with Crippen molar-refractivity contribution in [2.45, 2.75) is 0 Å². The fourth-order valence-corrected chi connectivity index (χ4v) is 2.19. The van der Waals surface area contributed by atoms with Crippen LogP contribution in [0.15, 0.2) is 84.9 Å². The highest BCUT2D eigenvalue weighted by Gasteiger charge is 2.28. The summed E-state index contributed by atoms with van der Waals surface area (Å²) in [5.41, 5.74) is 0.558. The van der Waals surface area contributed by atoms with E-state index in [9.17, 15) is 10.1 Å². The van der Waals surface area contributed by atoms with Gasteiger partial charge in [-0.1, -0.05) is 48.5 Å².